The summed E-state index contributed by atoms with van der Waals surface area (Å²) in [6, 6.07) is 21.6. The molecule has 0 aliphatic heterocycles. The molecule has 0 aliphatic rings. The van der Waals surface area contributed by atoms with Crippen LogP contribution in [-0.4, -0.2) is 16.4 Å². The fourth-order valence-electron chi connectivity index (χ4n) is 4.06. The fraction of sp³-hybridized carbons (Fsp3) is 0.241. The minimum Gasteiger partial charge on any atom is -0.487 e. The van der Waals surface area contributed by atoms with Gasteiger partial charge < -0.3 is 9.47 Å². The van der Waals surface area contributed by atoms with Crippen LogP contribution in [-0.2, 0) is 16.1 Å². The van der Waals surface area contributed by atoms with Crippen molar-refractivity contribution in [1.29, 1.82) is 0 Å². The van der Waals surface area contributed by atoms with Crippen LogP contribution in [0, 0.1) is 0 Å². The highest BCUT2D eigenvalue weighted by Gasteiger charge is 2.30. The number of carbonyl (C=O) groups is 1. The summed E-state index contributed by atoms with van der Waals surface area (Å²) in [7, 11) is 0. The molecule has 0 saturated heterocycles. The van der Waals surface area contributed by atoms with Crippen molar-refractivity contribution in [3.8, 4) is 16.9 Å². The Balaban J connectivity index is 1.99. The van der Waals surface area contributed by atoms with Gasteiger partial charge in [-0.1, -0.05) is 48.0 Å². The SMILES string of the molecule is CC(=O)[C@@H](OC(C)(C)C)c1c(COc2cccnc2)cc2ccccc2c1-c1ccc(Cl)cc1. The Labute approximate surface area is 205 Å². The molecule has 1 heterocycles. The highest BCUT2D eigenvalue weighted by molar-refractivity contribution is 6.30. The van der Waals surface area contributed by atoms with E-state index in [1.807, 2.05) is 69.3 Å². The molecule has 174 valence electrons. The first kappa shape index (κ1) is 23.9. The minimum absolute atomic E-state index is 0.0666. The minimum atomic E-state index is -0.761. The van der Waals surface area contributed by atoms with Crippen molar-refractivity contribution < 1.29 is 14.3 Å². The van der Waals surface area contributed by atoms with E-state index in [4.69, 9.17) is 21.1 Å². The summed E-state index contributed by atoms with van der Waals surface area (Å²) in [5.41, 5.74) is 3.08. The lowest BCUT2D eigenvalue weighted by atomic mass is 9.86. The molecule has 4 aromatic rings. The van der Waals surface area contributed by atoms with Gasteiger partial charge in [0, 0.05) is 16.8 Å². The second kappa shape index (κ2) is 9.96. The lowest BCUT2D eigenvalue weighted by molar-refractivity contribution is -0.138. The summed E-state index contributed by atoms with van der Waals surface area (Å²) in [5, 5.41) is 2.74. The van der Waals surface area contributed by atoms with Crippen molar-refractivity contribution in [2.45, 2.75) is 46.0 Å². The number of hydrogen-bond donors (Lipinski definition) is 0. The number of ether oxygens (including phenoxy) is 2. The van der Waals surface area contributed by atoms with Crippen LogP contribution in [0.15, 0.2) is 79.1 Å². The quantitative estimate of drug-likeness (QED) is 0.277. The average molecular weight is 474 g/mol. The first-order valence-corrected chi connectivity index (χ1v) is 11.6. The smallest absolute Gasteiger partial charge is 0.163 e. The number of pyridine rings is 1. The van der Waals surface area contributed by atoms with Crippen LogP contribution in [0.3, 0.4) is 0 Å². The van der Waals surface area contributed by atoms with Crippen molar-refractivity contribution in [2.24, 2.45) is 0 Å². The first-order valence-electron chi connectivity index (χ1n) is 11.2. The van der Waals surface area contributed by atoms with Crippen LogP contribution >= 0.6 is 11.6 Å². The summed E-state index contributed by atoms with van der Waals surface area (Å²) < 4.78 is 12.5. The Bertz CT molecular complexity index is 1300. The van der Waals surface area contributed by atoms with Crippen LogP contribution in [0.5, 0.6) is 5.75 Å². The number of aromatic nitrogens is 1. The van der Waals surface area contributed by atoms with Gasteiger partial charge in [0.1, 0.15) is 18.5 Å². The second-order valence-corrected chi connectivity index (χ2v) is 9.69. The lowest BCUT2D eigenvalue weighted by Crippen LogP contribution is -2.27. The highest BCUT2D eigenvalue weighted by Crippen LogP contribution is 2.41. The summed E-state index contributed by atoms with van der Waals surface area (Å²) in [4.78, 5) is 17.2. The van der Waals surface area contributed by atoms with Crippen molar-refractivity contribution >= 4 is 28.2 Å². The predicted molar refractivity (Wildman–Crippen MR) is 137 cm³/mol. The Kier molecular flexibility index (Phi) is 7.01. The van der Waals surface area contributed by atoms with Crippen LogP contribution in [0.2, 0.25) is 5.02 Å². The molecule has 0 N–H and O–H groups in total. The molecule has 0 bridgehead atoms. The number of rotatable bonds is 7. The third-order valence-corrected chi connectivity index (χ3v) is 5.69. The number of Topliss-reactive ketones (excluding diaryl/α,β-unsaturated/α-hetero) is 1. The van der Waals surface area contributed by atoms with E-state index >= 15 is 0 Å². The molecule has 0 unspecified atom stereocenters. The number of carbonyl (C=O) groups excluding carboxylic acids is 1. The van der Waals surface area contributed by atoms with Gasteiger partial charge in [-0.2, -0.15) is 0 Å². The zero-order valence-corrected chi connectivity index (χ0v) is 20.6. The van der Waals surface area contributed by atoms with Gasteiger partial charge in [0.2, 0.25) is 0 Å². The van der Waals surface area contributed by atoms with E-state index in [1.54, 1.807) is 19.3 Å². The Morgan fingerprint density at radius 2 is 1.76 bits per heavy atom. The molecule has 0 aliphatic carbocycles. The van der Waals surface area contributed by atoms with Crippen molar-refractivity contribution in [3.63, 3.8) is 0 Å². The summed E-state index contributed by atoms with van der Waals surface area (Å²) in [5.74, 6) is 0.591. The van der Waals surface area contributed by atoms with Gasteiger partial charge in [-0.25, -0.2) is 0 Å². The maximum absolute atomic E-state index is 13.0. The number of nitrogens with zero attached hydrogens (tertiary/aromatic N) is 1. The van der Waals surface area contributed by atoms with Crippen LogP contribution in [0.25, 0.3) is 21.9 Å². The van der Waals surface area contributed by atoms with E-state index in [1.165, 1.54) is 0 Å². The Hall–Kier alpha value is -3.21. The van der Waals surface area contributed by atoms with Crippen LogP contribution < -0.4 is 4.74 Å². The normalized spacial score (nSPS) is 12.5. The number of benzene rings is 3. The molecule has 0 amide bonds. The van der Waals surface area contributed by atoms with Gasteiger partial charge in [-0.3, -0.25) is 9.78 Å². The standard InChI is InChI=1S/C29H28ClNO3/c1-19(32)28(34-29(2,3)4)27-22(18-33-24-9-7-15-31-17-24)16-21-8-5-6-10-25(21)26(27)20-11-13-23(30)14-12-20/h5-17,28H,18H2,1-4H3/t28-/m1/s1. The van der Waals surface area contributed by atoms with Crippen molar-refractivity contribution in [1.82, 2.24) is 4.98 Å². The maximum Gasteiger partial charge on any atom is 0.163 e. The van der Waals surface area contributed by atoms with Crippen molar-refractivity contribution in [2.75, 3.05) is 0 Å². The van der Waals surface area contributed by atoms with E-state index in [2.05, 4.69) is 23.2 Å². The van der Waals surface area contributed by atoms with Gasteiger partial charge in [0.05, 0.1) is 11.8 Å². The topological polar surface area (TPSA) is 48.4 Å². The van der Waals surface area contributed by atoms with E-state index in [0.717, 1.165) is 33.0 Å². The second-order valence-electron chi connectivity index (χ2n) is 9.25. The summed E-state index contributed by atoms with van der Waals surface area (Å²) >= 11 is 6.20. The van der Waals surface area contributed by atoms with E-state index in [-0.39, 0.29) is 12.4 Å². The summed E-state index contributed by atoms with van der Waals surface area (Å²) in [6.07, 6.45) is 2.62. The van der Waals surface area contributed by atoms with Gasteiger partial charge in [0.15, 0.2) is 5.78 Å². The zero-order chi connectivity index (χ0) is 24.3. The molecular weight excluding hydrogens is 446 g/mol. The molecule has 34 heavy (non-hydrogen) atoms. The van der Waals surface area contributed by atoms with Crippen LogP contribution in [0.4, 0.5) is 0 Å². The maximum atomic E-state index is 13.0. The molecule has 0 fully saturated rings. The van der Waals surface area contributed by atoms with Gasteiger partial charge >= 0.3 is 0 Å². The Morgan fingerprint density at radius 1 is 1.03 bits per heavy atom. The van der Waals surface area contributed by atoms with Gasteiger partial charge in [-0.05, 0) is 85.5 Å². The molecule has 3 aromatic carbocycles. The number of halogens is 1. The highest BCUT2D eigenvalue weighted by atomic mass is 35.5. The Morgan fingerprint density at radius 3 is 2.41 bits per heavy atom. The van der Waals surface area contributed by atoms with Crippen LogP contribution in [0.1, 0.15) is 44.9 Å². The molecule has 0 radical (unpaired) electrons. The average Bonchev–Trinajstić information content (AvgIpc) is 2.81. The van der Waals surface area contributed by atoms with Gasteiger partial charge in [0.25, 0.3) is 0 Å². The molecule has 1 atom stereocenters. The van der Waals surface area contributed by atoms with E-state index in [0.29, 0.717) is 10.8 Å². The van der Waals surface area contributed by atoms with E-state index < -0.39 is 11.7 Å². The molecular formula is C29H28ClNO3. The zero-order valence-electron chi connectivity index (χ0n) is 19.8. The van der Waals surface area contributed by atoms with Gasteiger partial charge in [-0.15, -0.1) is 0 Å². The third-order valence-electron chi connectivity index (χ3n) is 5.44. The first-order chi connectivity index (χ1) is 16.2. The lowest BCUT2D eigenvalue weighted by Gasteiger charge is -2.30. The molecule has 1 aromatic heterocycles. The third kappa shape index (κ3) is 5.46. The number of fused-ring (bicyclic) bond motifs is 1. The monoisotopic (exact) mass is 473 g/mol. The number of ketones is 1. The van der Waals surface area contributed by atoms with E-state index in [9.17, 15) is 4.79 Å². The number of hydrogen-bond acceptors (Lipinski definition) is 4. The fourth-order valence-corrected chi connectivity index (χ4v) is 4.19. The van der Waals surface area contributed by atoms with Crippen molar-refractivity contribution in [3.05, 3.63) is 95.3 Å². The summed E-state index contributed by atoms with van der Waals surface area (Å²) in [6.45, 7) is 7.71. The molecule has 0 spiro atoms. The molecule has 0 saturated carbocycles. The predicted octanol–water partition coefficient (Wildman–Crippen LogP) is 7.58. The molecule has 4 nitrogen and oxygen atoms in total. The molecule has 4 rings (SSSR count). The largest absolute Gasteiger partial charge is 0.487 e. The molecule has 5 heteroatoms.